The number of aliphatic hydroxyl groups excluding tert-OH is 2. The summed E-state index contributed by atoms with van der Waals surface area (Å²) in [6, 6.07) is 0. The topological polar surface area (TPSA) is 94.8 Å². The zero-order chi connectivity index (χ0) is 20.1. The summed E-state index contributed by atoms with van der Waals surface area (Å²) in [4.78, 5) is 22.5. The number of hydrogen-bond donors (Lipinski definition) is 3. The van der Waals surface area contributed by atoms with Crippen molar-refractivity contribution in [2.45, 2.75) is 64.1 Å². The molecule has 1 fully saturated rings. The minimum atomic E-state index is -0.805. The molecule has 0 bridgehead atoms. The first-order valence-corrected chi connectivity index (χ1v) is 9.69. The summed E-state index contributed by atoms with van der Waals surface area (Å²) in [5, 5.41) is 28.7. The third-order valence-electron chi connectivity index (χ3n) is 4.60. The fraction of sp³-hybridized carbons (Fsp3) is 0.545. The second-order valence-electron chi connectivity index (χ2n) is 6.84. The van der Waals surface area contributed by atoms with Crippen molar-refractivity contribution in [1.82, 2.24) is 0 Å². The Morgan fingerprint density at radius 2 is 1.93 bits per heavy atom. The summed E-state index contributed by atoms with van der Waals surface area (Å²) in [7, 11) is 0. The van der Waals surface area contributed by atoms with Gasteiger partial charge >= 0.3 is 5.97 Å². The molecule has 1 rings (SSSR count). The summed E-state index contributed by atoms with van der Waals surface area (Å²) < 4.78 is 0. The van der Waals surface area contributed by atoms with Gasteiger partial charge in [-0.3, -0.25) is 9.59 Å². The molecule has 4 atom stereocenters. The predicted molar refractivity (Wildman–Crippen MR) is 106 cm³/mol. The fourth-order valence-electron chi connectivity index (χ4n) is 3.10. The van der Waals surface area contributed by atoms with Crippen molar-refractivity contribution in [3.63, 3.8) is 0 Å². The van der Waals surface area contributed by atoms with E-state index in [4.69, 9.17) is 5.11 Å². The molecule has 0 radical (unpaired) electrons. The average Bonchev–Trinajstić information content (AvgIpc) is 2.88. The number of rotatable bonds is 12. The van der Waals surface area contributed by atoms with E-state index in [0.29, 0.717) is 25.7 Å². The molecule has 3 N–H and O–H groups in total. The van der Waals surface area contributed by atoms with Gasteiger partial charge in [-0.1, -0.05) is 55.5 Å². The van der Waals surface area contributed by atoms with Gasteiger partial charge in [0, 0.05) is 24.7 Å². The van der Waals surface area contributed by atoms with Crippen LogP contribution in [0.1, 0.15) is 51.9 Å². The van der Waals surface area contributed by atoms with Crippen LogP contribution in [0.3, 0.4) is 0 Å². The first-order valence-electron chi connectivity index (χ1n) is 9.69. The van der Waals surface area contributed by atoms with E-state index in [-0.39, 0.29) is 30.5 Å². The van der Waals surface area contributed by atoms with Crippen LogP contribution >= 0.6 is 0 Å². The predicted octanol–water partition coefficient (Wildman–Crippen LogP) is 3.58. The van der Waals surface area contributed by atoms with E-state index in [1.807, 2.05) is 43.4 Å². The van der Waals surface area contributed by atoms with E-state index >= 15 is 0 Å². The Hall–Kier alpha value is -1.98. The molecule has 1 saturated carbocycles. The van der Waals surface area contributed by atoms with Crippen LogP contribution in [-0.2, 0) is 9.59 Å². The van der Waals surface area contributed by atoms with Gasteiger partial charge in [-0.15, -0.1) is 0 Å². The van der Waals surface area contributed by atoms with E-state index in [2.05, 4.69) is 0 Å². The average molecular weight is 376 g/mol. The summed E-state index contributed by atoms with van der Waals surface area (Å²) in [5.41, 5.74) is 0. The molecule has 5 heteroatoms. The third kappa shape index (κ3) is 9.50. The second kappa shape index (κ2) is 13.2. The number of Topliss-reactive ketones (excluding diaryl/α,β-unsaturated/α-hetero) is 1. The molecule has 27 heavy (non-hydrogen) atoms. The lowest BCUT2D eigenvalue weighted by molar-refractivity contribution is -0.136. The summed E-state index contributed by atoms with van der Waals surface area (Å²) in [6.07, 6.45) is 17.2. The van der Waals surface area contributed by atoms with Gasteiger partial charge in [0.25, 0.3) is 0 Å². The van der Waals surface area contributed by atoms with Crippen molar-refractivity contribution in [3.8, 4) is 0 Å². The molecule has 0 heterocycles. The maximum atomic E-state index is 12.1. The van der Waals surface area contributed by atoms with Gasteiger partial charge in [0.05, 0.1) is 12.2 Å². The molecular formula is C22H32O5. The van der Waals surface area contributed by atoms with Crippen molar-refractivity contribution in [2.75, 3.05) is 0 Å². The van der Waals surface area contributed by atoms with Gasteiger partial charge in [-0.05, 0) is 32.1 Å². The van der Waals surface area contributed by atoms with Crippen molar-refractivity contribution in [2.24, 2.45) is 11.8 Å². The van der Waals surface area contributed by atoms with Gasteiger partial charge in [0.15, 0.2) is 0 Å². The van der Waals surface area contributed by atoms with E-state index in [0.717, 1.165) is 6.42 Å². The molecule has 5 nitrogen and oxygen atoms in total. The molecule has 150 valence electrons. The van der Waals surface area contributed by atoms with Crippen molar-refractivity contribution in [1.29, 1.82) is 0 Å². The molecular weight excluding hydrogens is 344 g/mol. The van der Waals surface area contributed by atoms with E-state index in [1.54, 1.807) is 12.2 Å². The Bertz CT molecular complexity index is 573. The quantitative estimate of drug-likeness (QED) is 0.453. The Labute approximate surface area is 161 Å². The standard InChI is InChI=1S/C22H32O5/c1-2-3-8-11-17(23)14-15-19-18(20(24)16-21(19)25)12-9-6-4-5-7-10-13-22(26)27/h3,5-9,14-15,17-20,23-24H,2,4,10-13,16H2,1H3,(H,26,27)/b7-5-,8-3-,9-6-,15-14+/t17-,18+,19+,20-/m1/s1. The lowest BCUT2D eigenvalue weighted by Gasteiger charge is -2.16. The summed E-state index contributed by atoms with van der Waals surface area (Å²) >= 11 is 0. The Balaban J connectivity index is 2.48. The normalized spacial score (nSPS) is 24.9. The minimum absolute atomic E-state index is 0.0158. The first-order chi connectivity index (χ1) is 13.0. The van der Waals surface area contributed by atoms with Crippen LogP contribution < -0.4 is 0 Å². The van der Waals surface area contributed by atoms with Crippen LogP contribution in [0.4, 0.5) is 0 Å². The fourth-order valence-corrected chi connectivity index (χ4v) is 3.10. The van der Waals surface area contributed by atoms with Crippen molar-refractivity contribution in [3.05, 3.63) is 48.6 Å². The third-order valence-corrected chi connectivity index (χ3v) is 4.60. The largest absolute Gasteiger partial charge is 0.481 e. The van der Waals surface area contributed by atoms with E-state index < -0.39 is 18.2 Å². The number of aliphatic carboxylic acids is 1. The molecule has 0 aromatic heterocycles. The second-order valence-corrected chi connectivity index (χ2v) is 6.84. The van der Waals surface area contributed by atoms with Gasteiger partial charge in [-0.25, -0.2) is 0 Å². The molecule has 0 unspecified atom stereocenters. The van der Waals surface area contributed by atoms with Gasteiger partial charge in [-0.2, -0.15) is 0 Å². The highest BCUT2D eigenvalue weighted by atomic mass is 16.4. The number of carbonyl (C=O) groups is 2. The zero-order valence-corrected chi connectivity index (χ0v) is 16.0. The number of carbonyl (C=O) groups excluding carboxylic acids is 1. The van der Waals surface area contributed by atoms with E-state index in [9.17, 15) is 19.8 Å². The highest BCUT2D eigenvalue weighted by molar-refractivity contribution is 5.86. The van der Waals surface area contributed by atoms with Crippen LogP contribution in [0.2, 0.25) is 0 Å². The number of hydrogen-bond acceptors (Lipinski definition) is 4. The lowest BCUT2D eigenvalue weighted by atomic mass is 9.90. The molecule has 0 aromatic rings. The molecule has 1 aliphatic carbocycles. The molecule has 0 spiro atoms. The maximum Gasteiger partial charge on any atom is 0.303 e. The lowest BCUT2D eigenvalue weighted by Crippen LogP contribution is -2.19. The smallest absolute Gasteiger partial charge is 0.303 e. The first kappa shape index (κ1) is 23.1. The molecule has 0 aliphatic heterocycles. The van der Waals surface area contributed by atoms with Crippen LogP contribution in [0.5, 0.6) is 0 Å². The van der Waals surface area contributed by atoms with Gasteiger partial charge in [0.2, 0.25) is 0 Å². The van der Waals surface area contributed by atoms with E-state index in [1.165, 1.54) is 0 Å². The van der Waals surface area contributed by atoms with Crippen LogP contribution in [0.15, 0.2) is 48.6 Å². The number of allylic oxidation sites excluding steroid dienone is 6. The number of aliphatic hydroxyl groups is 2. The van der Waals surface area contributed by atoms with Crippen molar-refractivity contribution >= 4 is 11.8 Å². The Morgan fingerprint density at radius 3 is 2.63 bits per heavy atom. The zero-order valence-electron chi connectivity index (χ0n) is 16.0. The monoisotopic (exact) mass is 376 g/mol. The maximum absolute atomic E-state index is 12.1. The molecule has 0 saturated heterocycles. The van der Waals surface area contributed by atoms with Crippen LogP contribution in [0.25, 0.3) is 0 Å². The summed E-state index contributed by atoms with van der Waals surface area (Å²) in [5.74, 6) is -1.32. The van der Waals surface area contributed by atoms with Crippen molar-refractivity contribution < 1.29 is 24.9 Å². The van der Waals surface area contributed by atoms with Crippen LogP contribution in [0, 0.1) is 11.8 Å². The number of carboxylic acid groups (broad SMARTS) is 1. The number of carboxylic acids is 1. The highest BCUT2D eigenvalue weighted by Gasteiger charge is 2.39. The SMILES string of the molecule is CC/C=C\C[C@@H](O)/C=C/[C@@H]1C(=O)C[C@@H](O)[C@H]1C/C=C\C/C=C\CCC(=O)O. The summed E-state index contributed by atoms with van der Waals surface area (Å²) in [6.45, 7) is 2.03. The van der Waals surface area contributed by atoms with Gasteiger partial charge < -0.3 is 15.3 Å². The minimum Gasteiger partial charge on any atom is -0.481 e. The Kier molecular flexibility index (Phi) is 11.3. The molecule has 0 amide bonds. The Morgan fingerprint density at radius 1 is 1.19 bits per heavy atom. The van der Waals surface area contributed by atoms with Crippen LogP contribution in [-0.4, -0.2) is 39.3 Å². The molecule has 0 aromatic carbocycles. The highest BCUT2D eigenvalue weighted by Crippen LogP contribution is 2.33. The molecule has 1 aliphatic rings. The number of ketones is 1. The van der Waals surface area contributed by atoms with Gasteiger partial charge in [0.1, 0.15) is 5.78 Å².